The second-order valence-electron chi connectivity index (χ2n) is 3.17. The van der Waals surface area contributed by atoms with Gasteiger partial charge in [0.15, 0.2) is 0 Å². The van der Waals surface area contributed by atoms with E-state index in [0.717, 1.165) is 19.6 Å². The van der Waals surface area contributed by atoms with Crippen LogP contribution in [0.15, 0.2) is 0 Å². The average Bonchev–Trinajstić information content (AvgIpc) is 1.87. The molecule has 68 valence electrons. The van der Waals surface area contributed by atoms with Gasteiger partial charge in [-0.1, -0.05) is 6.92 Å². The van der Waals surface area contributed by atoms with Gasteiger partial charge in [0.2, 0.25) is 0 Å². The van der Waals surface area contributed by atoms with Crippen LogP contribution >= 0.6 is 0 Å². The molecule has 1 N–H and O–H groups in total. The number of hydrogen-bond acceptors (Lipinski definition) is 2. The monoisotopic (exact) mass is 159 g/mol. The van der Waals surface area contributed by atoms with Gasteiger partial charge in [0.05, 0.1) is 6.10 Å². The van der Waals surface area contributed by atoms with E-state index < -0.39 is 0 Å². The lowest BCUT2D eigenvalue weighted by atomic mass is 10.2. The van der Waals surface area contributed by atoms with Crippen LogP contribution in [0.5, 0.6) is 0 Å². The van der Waals surface area contributed by atoms with Gasteiger partial charge in [-0.05, 0) is 33.7 Å². The molecule has 0 heterocycles. The molecule has 1 atom stereocenters. The summed E-state index contributed by atoms with van der Waals surface area (Å²) in [5.74, 6) is 0. The smallest absolute Gasteiger partial charge is 0.0518 e. The Balaban J connectivity index is 3.10. The highest BCUT2D eigenvalue weighted by Gasteiger charge is 1.99. The second-order valence-corrected chi connectivity index (χ2v) is 3.17. The summed E-state index contributed by atoms with van der Waals surface area (Å²) in [7, 11) is 0. The predicted octanol–water partition coefficient (Wildman–Crippen LogP) is 1.80. The van der Waals surface area contributed by atoms with Gasteiger partial charge in [0.1, 0.15) is 0 Å². The molecule has 0 aliphatic carbocycles. The maximum atomic E-state index is 5.42. The standard InChI is InChI=1S/C9H21NO/c1-5-10-9(4)6-7-11-8(2)3/h8-10H,5-7H2,1-4H3. The minimum Gasteiger partial charge on any atom is -0.379 e. The first-order chi connectivity index (χ1) is 5.16. The Morgan fingerprint density at radius 2 is 1.91 bits per heavy atom. The lowest BCUT2D eigenvalue weighted by molar-refractivity contribution is 0.0726. The van der Waals surface area contributed by atoms with E-state index in [1.54, 1.807) is 0 Å². The first kappa shape index (κ1) is 10.9. The van der Waals surface area contributed by atoms with Crippen molar-refractivity contribution in [1.82, 2.24) is 5.32 Å². The molecular formula is C9H21NO. The summed E-state index contributed by atoms with van der Waals surface area (Å²) in [4.78, 5) is 0. The quantitative estimate of drug-likeness (QED) is 0.638. The maximum Gasteiger partial charge on any atom is 0.0518 e. The third-order valence-corrected chi connectivity index (χ3v) is 1.55. The molecule has 0 saturated carbocycles. The van der Waals surface area contributed by atoms with Crippen LogP contribution in [0.2, 0.25) is 0 Å². The largest absolute Gasteiger partial charge is 0.379 e. The van der Waals surface area contributed by atoms with Crippen LogP contribution in [0.4, 0.5) is 0 Å². The number of ether oxygens (including phenoxy) is 1. The summed E-state index contributed by atoms with van der Waals surface area (Å²) in [6.45, 7) is 10.4. The zero-order valence-corrected chi connectivity index (χ0v) is 8.18. The lowest BCUT2D eigenvalue weighted by Gasteiger charge is -2.13. The van der Waals surface area contributed by atoms with E-state index in [-0.39, 0.29) is 0 Å². The van der Waals surface area contributed by atoms with E-state index in [9.17, 15) is 0 Å². The molecule has 11 heavy (non-hydrogen) atoms. The Morgan fingerprint density at radius 1 is 1.27 bits per heavy atom. The summed E-state index contributed by atoms with van der Waals surface area (Å²) in [5.41, 5.74) is 0. The highest BCUT2D eigenvalue weighted by Crippen LogP contribution is 1.94. The first-order valence-corrected chi connectivity index (χ1v) is 4.51. The van der Waals surface area contributed by atoms with Crippen molar-refractivity contribution in [2.24, 2.45) is 0 Å². The molecular weight excluding hydrogens is 138 g/mol. The van der Waals surface area contributed by atoms with E-state index >= 15 is 0 Å². The summed E-state index contributed by atoms with van der Waals surface area (Å²) in [5, 5.41) is 3.34. The first-order valence-electron chi connectivity index (χ1n) is 4.51. The van der Waals surface area contributed by atoms with Crippen LogP contribution in [0, 0.1) is 0 Å². The van der Waals surface area contributed by atoms with E-state index in [1.165, 1.54) is 0 Å². The molecule has 0 spiro atoms. The van der Waals surface area contributed by atoms with E-state index in [0.29, 0.717) is 12.1 Å². The molecule has 0 aliphatic rings. The topological polar surface area (TPSA) is 21.3 Å². The highest BCUT2D eigenvalue weighted by molar-refractivity contribution is 4.57. The van der Waals surface area contributed by atoms with E-state index in [1.807, 2.05) is 0 Å². The number of hydrogen-bond donors (Lipinski definition) is 1. The summed E-state index contributed by atoms with van der Waals surface area (Å²) in [6, 6.07) is 0.582. The minimum atomic E-state index is 0.365. The highest BCUT2D eigenvalue weighted by atomic mass is 16.5. The molecule has 0 rings (SSSR count). The summed E-state index contributed by atoms with van der Waals surface area (Å²) >= 11 is 0. The van der Waals surface area contributed by atoms with Crippen molar-refractivity contribution in [2.75, 3.05) is 13.2 Å². The molecule has 2 heteroatoms. The molecule has 0 bridgehead atoms. The van der Waals surface area contributed by atoms with Crippen LogP contribution in [0.1, 0.15) is 34.1 Å². The number of rotatable bonds is 6. The lowest BCUT2D eigenvalue weighted by Crippen LogP contribution is -2.27. The molecule has 0 aromatic carbocycles. The summed E-state index contributed by atoms with van der Waals surface area (Å²) in [6.07, 6.45) is 1.47. The van der Waals surface area contributed by atoms with Crippen molar-refractivity contribution in [3.05, 3.63) is 0 Å². The molecule has 1 unspecified atom stereocenters. The Bertz CT molecular complexity index is 83.6. The second kappa shape index (κ2) is 6.62. The van der Waals surface area contributed by atoms with Crippen molar-refractivity contribution < 1.29 is 4.74 Å². The maximum absolute atomic E-state index is 5.42. The number of nitrogens with one attached hydrogen (secondary N) is 1. The Hall–Kier alpha value is -0.0800. The summed E-state index contributed by atoms with van der Waals surface area (Å²) < 4.78 is 5.42. The molecule has 0 aliphatic heterocycles. The van der Waals surface area contributed by atoms with Gasteiger partial charge >= 0.3 is 0 Å². The van der Waals surface area contributed by atoms with E-state index in [2.05, 4.69) is 33.0 Å². The van der Waals surface area contributed by atoms with Crippen molar-refractivity contribution >= 4 is 0 Å². The van der Waals surface area contributed by atoms with Gasteiger partial charge in [0, 0.05) is 12.6 Å². The van der Waals surface area contributed by atoms with E-state index in [4.69, 9.17) is 4.74 Å². The fourth-order valence-corrected chi connectivity index (χ4v) is 0.931. The zero-order valence-electron chi connectivity index (χ0n) is 8.18. The van der Waals surface area contributed by atoms with Gasteiger partial charge in [-0.15, -0.1) is 0 Å². The SMILES string of the molecule is CCNC(C)CCOC(C)C. The third kappa shape index (κ3) is 7.82. The van der Waals surface area contributed by atoms with Crippen LogP contribution in [0.3, 0.4) is 0 Å². The van der Waals surface area contributed by atoms with Crippen molar-refractivity contribution in [1.29, 1.82) is 0 Å². The van der Waals surface area contributed by atoms with Gasteiger partial charge in [0.25, 0.3) is 0 Å². The minimum absolute atomic E-state index is 0.365. The van der Waals surface area contributed by atoms with Crippen LogP contribution in [0.25, 0.3) is 0 Å². The Morgan fingerprint density at radius 3 is 2.36 bits per heavy atom. The molecule has 0 saturated heterocycles. The molecule has 0 aromatic heterocycles. The van der Waals surface area contributed by atoms with Crippen LogP contribution in [-0.4, -0.2) is 25.3 Å². The normalized spacial score (nSPS) is 13.9. The van der Waals surface area contributed by atoms with Crippen molar-refractivity contribution in [3.63, 3.8) is 0 Å². The third-order valence-electron chi connectivity index (χ3n) is 1.55. The van der Waals surface area contributed by atoms with Crippen LogP contribution < -0.4 is 5.32 Å². The van der Waals surface area contributed by atoms with Crippen molar-refractivity contribution in [2.45, 2.75) is 46.3 Å². The molecule has 0 aromatic rings. The average molecular weight is 159 g/mol. The van der Waals surface area contributed by atoms with Gasteiger partial charge < -0.3 is 10.1 Å². The van der Waals surface area contributed by atoms with Crippen LogP contribution in [-0.2, 0) is 4.74 Å². The molecule has 2 nitrogen and oxygen atoms in total. The van der Waals surface area contributed by atoms with Gasteiger partial charge in [-0.25, -0.2) is 0 Å². The Labute approximate surface area is 70.3 Å². The predicted molar refractivity (Wildman–Crippen MR) is 48.8 cm³/mol. The fourth-order valence-electron chi connectivity index (χ4n) is 0.931. The fraction of sp³-hybridized carbons (Fsp3) is 1.00. The molecule has 0 fully saturated rings. The van der Waals surface area contributed by atoms with Gasteiger partial charge in [-0.2, -0.15) is 0 Å². The van der Waals surface area contributed by atoms with Gasteiger partial charge in [-0.3, -0.25) is 0 Å². The molecule has 0 amide bonds. The Kier molecular flexibility index (Phi) is 6.57. The molecule has 0 radical (unpaired) electrons. The van der Waals surface area contributed by atoms with Crippen molar-refractivity contribution in [3.8, 4) is 0 Å². The zero-order chi connectivity index (χ0) is 8.69.